The van der Waals surface area contributed by atoms with Crippen molar-refractivity contribution in [2.75, 3.05) is 6.54 Å². The van der Waals surface area contributed by atoms with Gasteiger partial charge in [-0.1, -0.05) is 0 Å². The van der Waals surface area contributed by atoms with Gasteiger partial charge in [0.15, 0.2) is 0 Å². The zero-order valence-corrected chi connectivity index (χ0v) is 10.4. The molecule has 0 aliphatic carbocycles. The van der Waals surface area contributed by atoms with Gasteiger partial charge in [-0.2, -0.15) is 0 Å². The predicted molar refractivity (Wildman–Crippen MR) is 69.7 cm³/mol. The highest BCUT2D eigenvalue weighted by Crippen LogP contribution is 2.17. The number of rotatable bonds is 1. The first kappa shape index (κ1) is 11.8. The number of nitrogens with one attached hydrogen (secondary N) is 1. The van der Waals surface area contributed by atoms with Gasteiger partial charge in [-0.3, -0.25) is 19.1 Å². The van der Waals surface area contributed by atoms with Crippen LogP contribution in [0.3, 0.4) is 0 Å². The van der Waals surface area contributed by atoms with Crippen molar-refractivity contribution in [3.05, 3.63) is 35.1 Å². The molecule has 1 atom stereocenters. The van der Waals surface area contributed by atoms with Crippen LogP contribution in [-0.4, -0.2) is 27.0 Å². The molecule has 19 heavy (non-hydrogen) atoms. The number of carbonyl (C=O) groups is 1. The fraction of sp³-hybridized carbons (Fsp3) is 0.385. The Kier molecular flexibility index (Phi) is 2.98. The highest BCUT2D eigenvalue weighted by Gasteiger charge is 2.23. The summed E-state index contributed by atoms with van der Waals surface area (Å²) in [5, 5.41) is 3.27. The van der Waals surface area contributed by atoms with E-state index in [1.165, 1.54) is 17.1 Å². The third-order valence-electron chi connectivity index (χ3n) is 3.43. The lowest BCUT2D eigenvalue weighted by molar-refractivity contribution is -0.124. The van der Waals surface area contributed by atoms with Crippen LogP contribution in [0.1, 0.15) is 25.3 Å². The van der Waals surface area contributed by atoms with Crippen LogP contribution in [0.4, 0.5) is 0 Å². The molecule has 0 saturated carbocycles. The number of hydrogen-bond donors (Lipinski definition) is 1. The van der Waals surface area contributed by atoms with E-state index in [4.69, 9.17) is 0 Å². The molecule has 0 aromatic carbocycles. The molecule has 1 fully saturated rings. The number of fused-ring (bicyclic) bond motifs is 1. The number of nitrogens with zero attached hydrogens (tertiary/aromatic N) is 3. The Balaban J connectivity index is 2.12. The first-order valence-corrected chi connectivity index (χ1v) is 6.36. The van der Waals surface area contributed by atoms with E-state index in [1.54, 1.807) is 12.3 Å². The standard InChI is InChI=1S/C13H14N4O2/c18-12-11(3-1-2-5-15-12)17-8-16-10-4-6-14-7-9(10)13(17)19/h4,6-8,11H,1-3,5H2,(H,15,18). The lowest BCUT2D eigenvalue weighted by atomic mass is 10.1. The van der Waals surface area contributed by atoms with Gasteiger partial charge in [0.2, 0.25) is 5.91 Å². The monoisotopic (exact) mass is 258 g/mol. The van der Waals surface area contributed by atoms with Gasteiger partial charge >= 0.3 is 0 Å². The quantitative estimate of drug-likeness (QED) is 0.814. The minimum atomic E-state index is -0.466. The van der Waals surface area contributed by atoms with E-state index in [0.29, 0.717) is 23.9 Å². The van der Waals surface area contributed by atoms with Gasteiger partial charge in [0.05, 0.1) is 17.2 Å². The lowest BCUT2D eigenvalue weighted by Gasteiger charge is -2.16. The Labute approximate surface area is 109 Å². The summed E-state index contributed by atoms with van der Waals surface area (Å²) in [6.45, 7) is 0.673. The van der Waals surface area contributed by atoms with Gasteiger partial charge in [-0.15, -0.1) is 0 Å². The number of aromatic nitrogens is 3. The zero-order chi connectivity index (χ0) is 13.2. The largest absolute Gasteiger partial charge is 0.354 e. The Hall–Kier alpha value is -2.24. The van der Waals surface area contributed by atoms with Crippen molar-refractivity contribution in [2.24, 2.45) is 0 Å². The van der Waals surface area contributed by atoms with Crippen LogP contribution < -0.4 is 10.9 Å². The maximum absolute atomic E-state index is 12.4. The van der Waals surface area contributed by atoms with Gasteiger partial charge in [0.25, 0.3) is 5.56 Å². The van der Waals surface area contributed by atoms with Gasteiger partial charge in [-0.25, -0.2) is 4.98 Å². The van der Waals surface area contributed by atoms with Crippen molar-refractivity contribution in [1.29, 1.82) is 0 Å². The number of pyridine rings is 1. The van der Waals surface area contributed by atoms with E-state index in [-0.39, 0.29) is 11.5 Å². The van der Waals surface area contributed by atoms with Crippen LogP contribution in [0.15, 0.2) is 29.6 Å². The second-order valence-corrected chi connectivity index (χ2v) is 4.65. The molecule has 98 valence electrons. The van der Waals surface area contributed by atoms with Crippen molar-refractivity contribution in [1.82, 2.24) is 19.9 Å². The molecule has 1 saturated heterocycles. The first-order valence-electron chi connectivity index (χ1n) is 6.36. The van der Waals surface area contributed by atoms with Crippen molar-refractivity contribution < 1.29 is 4.79 Å². The first-order chi connectivity index (χ1) is 9.27. The smallest absolute Gasteiger partial charge is 0.263 e. The van der Waals surface area contributed by atoms with Crippen LogP contribution in [0.25, 0.3) is 10.9 Å². The van der Waals surface area contributed by atoms with Crippen LogP contribution in [0.5, 0.6) is 0 Å². The van der Waals surface area contributed by atoms with Crippen LogP contribution >= 0.6 is 0 Å². The molecule has 1 N–H and O–H groups in total. The SMILES string of the molecule is O=C1NCCCCC1n1cnc2ccncc2c1=O. The average molecular weight is 258 g/mol. The van der Waals surface area contributed by atoms with Crippen molar-refractivity contribution in [3.63, 3.8) is 0 Å². The molecule has 3 heterocycles. The highest BCUT2D eigenvalue weighted by molar-refractivity contribution is 5.81. The second-order valence-electron chi connectivity index (χ2n) is 4.65. The summed E-state index contributed by atoms with van der Waals surface area (Å²) >= 11 is 0. The molecule has 6 heteroatoms. The second kappa shape index (κ2) is 4.79. The summed E-state index contributed by atoms with van der Waals surface area (Å²) in [4.78, 5) is 32.5. The number of carbonyl (C=O) groups excluding carboxylic acids is 1. The minimum Gasteiger partial charge on any atom is -0.354 e. The van der Waals surface area contributed by atoms with E-state index in [9.17, 15) is 9.59 Å². The third-order valence-corrected chi connectivity index (χ3v) is 3.43. The molecular weight excluding hydrogens is 244 g/mol. The predicted octanol–water partition coefficient (Wildman–Crippen LogP) is 0.633. The molecule has 1 aliphatic rings. The summed E-state index contributed by atoms with van der Waals surface area (Å²) < 4.78 is 1.42. The molecule has 0 bridgehead atoms. The third kappa shape index (κ3) is 2.09. The summed E-state index contributed by atoms with van der Waals surface area (Å²) in [6, 6.07) is 1.22. The van der Waals surface area contributed by atoms with E-state index >= 15 is 0 Å². The fourth-order valence-corrected chi connectivity index (χ4v) is 2.39. The molecule has 1 aliphatic heterocycles. The highest BCUT2D eigenvalue weighted by atomic mass is 16.2. The van der Waals surface area contributed by atoms with Gasteiger partial charge < -0.3 is 5.32 Å². The molecule has 0 radical (unpaired) electrons. The van der Waals surface area contributed by atoms with Gasteiger partial charge in [0.1, 0.15) is 6.04 Å². The Morgan fingerprint density at radius 3 is 3.11 bits per heavy atom. The molecule has 1 amide bonds. The number of amides is 1. The fourth-order valence-electron chi connectivity index (χ4n) is 2.39. The van der Waals surface area contributed by atoms with E-state index in [2.05, 4.69) is 15.3 Å². The van der Waals surface area contributed by atoms with E-state index in [1.807, 2.05) is 0 Å². The maximum Gasteiger partial charge on any atom is 0.263 e. The van der Waals surface area contributed by atoms with Crippen molar-refractivity contribution in [2.45, 2.75) is 25.3 Å². The summed E-state index contributed by atoms with van der Waals surface area (Å²) in [6.07, 6.45) is 7.08. The maximum atomic E-state index is 12.4. The van der Waals surface area contributed by atoms with E-state index in [0.717, 1.165) is 12.8 Å². The van der Waals surface area contributed by atoms with Gasteiger partial charge in [0, 0.05) is 18.9 Å². The molecule has 2 aromatic rings. The van der Waals surface area contributed by atoms with Crippen molar-refractivity contribution >= 4 is 16.8 Å². The summed E-state index contributed by atoms with van der Waals surface area (Å²) in [7, 11) is 0. The van der Waals surface area contributed by atoms with Crippen LogP contribution in [-0.2, 0) is 4.79 Å². The average Bonchev–Trinajstić information content (AvgIpc) is 2.65. The minimum absolute atomic E-state index is 0.107. The Bertz CT molecular complexity index is 680. The lowest BCUT2D eigenvalue weighted by Crippen LogP contribution is -2.36. The van der Waals surface area contributed by atoms with Gasteiger partial charge in [-0.05, 0) is 25.3 Å². The topological polar surface area (TPSA) is 76.9 Å². The molecule has 3 rings (SSSR count). The molecule has 6 nitrogen and oxygen atoms in total. The number of hydrogen-bond acceptors (Lipinski definition) is 4. The summed E-state index contributed by atoms with van der Waals surface area (Å²) in [5.41, 5.74) is 0.394. The van der Waals surface area contributed by atoms with Crippen molar-refractivity contribution in [3.8, 4) is 0 Å². The van der Waals surface area contributed by atoms with E-state index < -0.39 is 6.04 Å². The van der Waals surface area contributed by atoms with Crippen LogP contribution in [0, 0.1) is 0 Å². The van der Waals surface area contributed by atoms with Crippen LogP contribution in [0.2, 0.25) is 0 Å². The summed E-state index contributed by atoms with van der Waals surface area (Å²) in [5.74, 6) is -0.107. The Morgan fingerprint density at radius 1 is 1.32 bits per heavy atom. The molecule has 2 aromatic heterocycles. The molecule has 0 spiro atoms. The zero-order valence-electron chi connectivity index (χ0n) is 10.4. The normalized spacial score (nSPS) is 20.0. The molecule has 1 unspecified atom stereocenters. The molecular formula is C13H14N4O2. The Morgan fingerprint density at radius 2 is 2.21 bits per heavy atom.